The summed E-state index contributed by atoms with van der Waals surface area (Å²) < 4.78 is 5.51. The van der Waals surface area contributed by atoms with E-state index in [4.69, 9.17) is 4.74 Å². The van der Waals surface area contributed by atoms with Crippen LogP contribution in [-0.4, -0.2) is 19.1 Å². The normalized spacial score (nSPS) is 10.7. The van der Waals surface area contributed by atoms with Crippen LogP contribution in [0.2, 0.25) is 0 Å². The maximum absolute atomic E-state index is 11.7. The predicted octanol–water partition coefficient (Wildman–Crippen LogP) is 3.80. The lowest BCUT2D eigenvalue weighted by atomic mass is 10.2. The Bertz CT molecular complexity index is 427. The number of para-hydroxylation sites is 1. The lowest BCUT2D eigenvalue weighted by molar-refractivity contribution is -0.116. The Hall–Kier alpha value is -1.77. The van der Waals surface area contributed by atoms with Gasteiger partial charge in [0.2, 0.25) is 5.91 Å². The molecule has 3 heteroatoms. The van der Waals surface area contributed by atoms with Gasteiger partial charge in [-0.2, -0.15) is 0 Å². The summed E-state index contributed by atoms with van der Waals surface area (Å²) in [7, 11) is 0. The van der Waals surface area contributed by atoms with Crippen molar-refractivity contribution in [1.29, 1.82) is 0 Å². The Morgan fingerprint density at radius 2 is 2.00 bits per heavy atom. The van der Waals surface area contributed by atoms with Gasteiger partial charge in [-0.1, -0.05) is 44.4 Å². The monoisotopic (exact) mass is 275 g/mol. The molecule has 1 aromatic carbocycles. The Labute approximate surface area is 122 Å². The highest BCUT2D eigenvalue weighted by molar-refractivity contribution is 5.92. The van der Waals surface area contributed by atoms with Crippen molar-refractivity contribution in [2.45, 2.75) is 39.5 Å². The summed E-state index contributed by atoms with van der Waals surface area (Å²) >= 11 is 0. The minimum Gasteiger partial charge on any atom is -0.493 e. The van der Waals surface area contributed by atoms with E-state index in [0.29, 0.717) is 6.61 Å². The van der Waals surface area contributed by atoms with E-state index in [2.05, 4.69) is 12.2 Å². The van der Waals surface area contributed by atoms with Gasteiger partial charge in [-0.25, -0.2) is 0 Å². The summed E-state index contributed by atoms with van der Waals surface area (Å²) in [5.74, 6) is 0.759. The van der Waals surface area contributed by atoms with Crippen molar-refractivity contribution in [3.05, 3.63) is 35.9 Å². The summed E-state index contributed by atoms with van der Waals surface area (Å²) in [6.07, 6.45) is 8.02. The fourth-order valence-corrected chi connectivity index (χ4v) is 1.89. The zero-order valence-corrected chi connectivity index (χ0v) is 12.5. The maximum atomic E-state index is 11.7. The van der Waals surface area contributed by atoms with E-state index < -0.39 is 0 Å². The van der Waals surface area contributed by atoms with Crippen LogP contribution < -0.4 is 10.1 Å². The van der Waals surface area contributed by atoms with E-state index >= 15 is 0 Å². The third-order valence-corrected chi connectivity index (χ3v) is 2.96. The molecule has 0 aliphatic rings. The number of rotatable bonds is 9. The summed E-state index contributed by atoms with van der Waals surface area (Å²) in [4.78, 5) is 11.7. The molecule has 20 heavy (non-hydrogen) atoms. The molecule has 110 valence electrons. The van der Waals surface area contributed by atoms with Crippen LogP contribution in [0.4, 0.5) is 0 Å². The lowest BCUT2D eigenvalue weighted by Crippen LogP contribution is -2.21. The van der Waals surface area contributed by atoms with Crippen molar-refractivity contribution in [1.82, 2.24) is 5.32 Å². The zero-order chi connectivity index (χ0) is 14.6. The second kappa shape index (κ2) is 10.1. The molecule has 0 radical (unpaired) electrons. The van der Waals surface area contributed by atoms with Gasteiger partial charge in [0.05, 0.1) is 6.61 Å². The smallest absolute Gasteiger partial charge is 0.244 e. The minimum atomic E-state index is -0.0483. The lowest BCUT2D eigenvalue weighted by Gasteiger charge is -2.06. The van der Waals surface area contributed by atoms with Crippen LogP contribution in [0.1, 0.15) is 45.1 Å². The van der Waals surface area contributed by atoms with Gasteiger partial charge in [-0.05, 0) is 25.5 Å². The molecule has 0 unspecified atom stereocenters. The van der Waals surface area contributed by atoms with Gasteiger partial charge in [0.15, 0.2) is 0 Å². The number of hydrogen-bond acceptors (Lipinski definition) is 2. The third kappa shape index (κ3) is 6.41. The fourth-order valence-electron chi connectivity index (χ4n) is 1.89. The van der Waals surface area contributed by atoms with Crippen LogP contribution in [0.25, 0.3) is 6.08 Å². The first-order valence-electron chi connectivity index (χ1n) is 7.45. The summed E-state index contributed by atoms with van der Waals surface area (Å²) in [5, 5.41) is 2.90. The number of carbonyl (C=O) groups excluding carboxylic acids is 1. The van der Waals surface area contributed by atoms with Crippen molar-refractivity contribution in [2.24, 2.45) is 0 Å². The summed E-state index contributed by atoms with van der Waals surface area (Å²) in [6, 6.07) is 7.71. The van der Waals surface area contributed by atoms with Crippen molar-refractivity contribution in [3.63, 3.8) is 0 Å². The number of benzene rings is 1. The SMILES string of the molecule is CCCCCCNC(=O)/C=C/c1ccccc1OCC. The highest BCUT2D eigenvalue weighted by Gasteiger charge is 1.99. The summed E-state index contributed by atoms with van der Waals surface area (Å²) in [5.41, 5.74) is 0.926. The molecule has 0 bridgehead atoms. The molecule has 0 aromatic heterocycles. The average Bonchev–Trinajstić information content (AvgIpc) is 2.46. The number of carbonyl (C=O) groups is 1. The molecule has 0 aliphatic carbocycles. The second-order valence-electron chi connectivity index (χ2n) is 4.66. The van der Waals surface area contributed by atoms with Crippen molar-refractivity contribution < 1.29 is 9.53 Å². The van der Waals surface area contributed by atoms with E-state index in [1.54, 1.807) is 12.2 Å². The highest BCUT2D eigenvalue weighted by Crippen LogP contribution is 2.19. The molecule has 3 nitrogen and oxygen atoms in total. The molecular formula is C17H25NO2. The van der Waals surface area contributed by atoms with E-state index in [9.17, 15) is 4.79 Å². The maximum Gasteiger partial charge on any atom is 0.244 e. The molecule has 1 aromatic rings. The quantitative estimate of drug-likeness (QED) is 0.550. The van der Waals surface area contributed by atoms with Gasteiger partial charge < -0.3 is 10.1 Å². The molecule has 0 saturated heterocycles. The van der Waals surface area contributed by atoms with Crippen LogP contribution in [0.5, 0.6) is 5.75 Å². The molecule has 1 rings (SSSR count). The minimum absolute atomic E-state index is 0.0483. The largest absolute Gasteiger partial charge is 0.493 e. The van der Waals surface area contributed by atoms with Crippen LogP contribution in [-0.2, 0) is 4.79 Å². The van der Waals surface area contributed by atoms with Gasteiger partial charge in [0.25, 0.3) is 0 Å². The van der Waals surface area contributed by atoms with Gasteiger partial charge in [-0.3, -0.25) is 4.79 Å². The molecule has 0 fully saturated rings. The van der Waals surface area contributed by atoms with Gasteiger partial charge in [-0.15, -0.1) is 0 Å². The van der Waals surface area contributed by atoms with Crippen molar-refractivity contribution in [2.75, 3.05) is 13.2 Å². The summed E-state index contributed by atoms with van der Waals surface area (Å²) in [6.45, 7) is 5.49. The van der Waals surface area contributed by atoms with Gasteiger partial charge in [0, 0.05) is 18.2 Å². The van der Waals surface area contributed by atoms with E-state index in [1.165, 1.54) is 19.3 Å². The number of amides is 1. The predicted molar refractivity (Wildman–Crippen MR) is 83.8 cm³/mol. The number of hydrogen-bond donors (Lipinski definition) is 1. The first-order valence-corrected chi connectivity index (χ1v) is 7.45. The first-order chi connectivity index (χ1) is 9.77. The highest BCUT2D eigenvalue weighted by atomic mass is 16.5. The Morgan fingerprint density at radius 3 is 2.75 bits per heavy atom. The van der Waals surface area contributed by atoms with Crippen molar-refractivity contribution in [3.8, 4) is 5.75 Å². The Morgan fingerprint density at radius 1 is 1.20 bits per heavy atom. The van der Waals surface area contributed by atoms with Crippen LogP contribution in [0, 0.1) is 0 Å². The van der Waals surface area contributed by atoms with Crippen LogP contribution in [0.3, 0.4) is 0 Å². The molecule has 0 spiro atoms. The second-order valence-corrected chi connectivity index (χ2v) is 4.66. The molecular weight excluding hydrogens is 250 g/mol. The van der Waals surface area contributed by atoms with Crippen LogP contribution >= 0.6 is 0 Å². The first kappa shape index (κ1) is 16.3. The van der Waals surface area contributed by atoms with Crippen LogP contribution in [0.15, 0.2) is 30.3 Å². The topological polar surface area (TPSA) is 38.3 Å². The Balaban J connectivity index is 2.41. The molecule has 0 aliphatic heterocycles. The van der Waals surface area contributed by atoms with E-state index in [-0.39, 0.29) is 5.91 Å². The molecule has 0 saturated carbocycles. The van der Waals surface area contributed by atoms with Gasteiger partial charge in [0.1, 0.15) is 5.75 Å². The molecule has 1 N–H and O–H groups in total. The zero-order valence-electron chi connectivity index (χ0n) is 12.5. The standard InChI is InChI=1S/C17H25NO2/c1-3-5-6-9-14-18-17(19)13-12-15-10-7-8-11-16(15)20-4-2/h7-8,10-13H,3-6,9,14H2,1-2H3,(H,18,19)/b13-12+. The number of unbranched alkanes of at least 4 members (excludes halogenated alkanes) is 3. The molecule has 0 heterocycles. The fraction of sp³-hybridized carbons (Fsp3) is 0.471. The molecule has 1 amide bonds. The number of nitrogens with one attached hydrogen (secondary N) is 1. The van der Waals surface area contributed by atoms with Crippen molar-refractivity contribution >= 4 is 12.0 Å². The van der Waals surface area contributed by atoms with E-state index in [0.717, 1.165) is 24.3 Å². The number of ether oxygens (including phenoxy) is 1. The third-order valence-electron chi connectivity index (χ3n) is 2.96. The van der Waals surface area contributed by atoms with E-state index in [1.807, 2.05) is 31.2 Å². The Kier molecular flexibility index (Phi) is 8.20. The average molecular weight is 275 g/mol. The molecule has 0 atom stereocenters. The van der Waals surface area contributed by atoms with Gasteiger partial charge >= 0.3 is 0 Å².